The minimum atomic E-state index is -0.899. The van der Waals surface area contributed by atoms with Gasteiger partial charge in [-0.2, -0.15) is 0 Å². The van der Waals surface area contributed by atoms with Crippen molar-refractivity contribution in [2.45, 2.75) is 19.3 Å². The summed E-state index contributed by atoms with van der Waals surface area (Å²) in [7, 11) is 1.65. The maximum absolute atomic E-state index is 13.3. The number of esters is 1. The fraction of sp³-hybridized carbons (Fsp3) is 0.208. The van der Waals surface area contributed by atoms with Crippen molar-refractivity contribution in [3.8, 4) is 5.75 Å². The second-order valence-electron chi connectivity index (χ2n) is 6.70. The molecule has 4 rings (SSSR count). The van der Waals surface area contributed by atoms with Gasteiger partial charge in [0.1, 0.15) is 11.2 Å². The van der Waals surface area contributed by atoms with Gasteiger partial charge in [-0.15, -0.1) is 0 Å². The van der Waals surface area contributed by atoms with E-state index in [0.29, 0.717) is 12.4 Å². The van der Waals surface area contributed by atoms with Gasteiger partial charge in [0, 0.05) is 5.56 Å². The van der Waals surface area contributed by atoms with Crippen molar-refractivity contribution in [3.05, 3.63) is 83.4 Å². The highest BCUT2D eigenvalue weighted by molar-refractivity contribution is 6.18. The number of carbonyl (C=O) groups is 1. The van der Waals surface area contributed by atoms with Gasteiger partial charge >= 0.3 is 5.97 Å². The van der Waals surface area contributed by atoms with E-state index in [0.717, 1.165) is 33.0 Å². The van der Waals surface area contributed by atoms with E-state index >= 15 is 0 Å². The van der Waals surface area contributed by atoms with E-state index in [1.807, 2.05) is 74.5 Å². The summed E-state index contributed by atoms with van der Waals surface area (Å²) in [5.74, 6) is 0.461. The molecule has 3 heteroatoms. The highest BCUT2D eigenvalue weighted by Gasteiger charge is 2.61. The molecule has 0 amide bonds. The summed E-state index contributed by atoms with van der Waals surface area (Å²) in [5, 5.41) is 2.08. The van der Waals surface area contributed by atoms with E-state index in [1.165, 1.54) is 0 Å². The Kier molecular flexibility index (Phi) is 4.23. The Morgan fingerprint density at radius 1 is 0.963 bits per heavy atom. The van der Waals surface area contributed by atoms with Crippen LogP contribution in [0.15, 0.2) is 72.3 Å². The number of ether oxygens (including phenoxy) is 2. The molecule has 0 N–H and O–H groups in total. The van der Waals surface area contributed by atoms with E-state index in [4.69, 9.17) is 9.47 Å². The van der Waals surface area contributed by atoms with Crippen LogP contribution in [0.4, 0.5) is 0 Å². The Balaban J connectivity index is 2.01. The molecule has 0 spiro atoms. The van der Waals surface area contributed by atoms with Crippen molar-refractivity contribution in [2.75, 3.05) is 13.7 Å². The van der Waals surface area contributed by atoms with Crippen molar-refractivity contribution in [3.63, 3.8) is 0 Å². The van der Waals surface area contributed by atoms with Gasteiger partial charge in [0.2, 0.25) is 0 Å². The Morgan fingerprint density at radius 3 is 2.37 bits per heavy atom. The molecule has 3 aromatic rings. The van der Waals surface area contributed by atoms with Crippen LogP contribution in [-0.4, -0.2) is 19.7 Å². The van der Waals surface area contributed by atoms with Gasteiger partial charge in [0.25, 0.3) is 0 Å². The molecule has 3 aromatic carbocycles. The first-order valence-corrected chi connectivity index (χ1v) is 9.17. The zero-order valence-electron chi connectivity index (χ0n) is 15.8. The molecule has 0 saturated carbocycles. The average Bonchev–Trinajstić information content (AvgIpc) is 3.33. The molecule has 1 aliphatic carbocycles. The molecule has 136 valence electrons. The van der Waals surface area contributed by atoms with Crippen LogP contribution in [-0.2, 0) is 14.9 Å². The maximum Gasteiger partial charge on any atom is 0.325 e. The molecule has 0 heterocycles. The highest BCUT2D eigenvalue weighted by atomic mass is 16.5. The summed E-state index contributed by atoms with van der Waals surface area (Å²) in [6.45, 7) is 4.19. The van der Waals surface area contributed by atoms with Gasteiger partial charge in [0.05, 0.1) is 13.7 Å². The maximum atomic E-state index is 13.3. The number of methoxy groups -OCH3 is 1. The molecule has 0 saturated heterocycles. The van der Waals surface area contributed by atoms with Crippen LogP contribution in [0.1, 0.15) is 25.0 Å². The average molecular weight is 358 g/mol. The summed E-state index contributed by atoms with van der Waals surface area (Å²) in [4.78, 5) is 13.3. The Labute approximate surface area is 159 Å². The molecular weight excluding hydrogens is 336 g/mol. The lowest BCUT2D eigenvalue weighted by molar-refractivity contribution is -0.145. The summed E-state index contributed by atoms with van der Waals surface area (Å²) in [5.41, 5.74) is 3.04. The van der Waals surface area contributed by atoms with Crippen LogP contribution in [0.25, 0.3) is 16.3 Å². The lowest BCUT2D eigenvalue weighted by Crippen LogP contribution is -2.29. The molecule has 1 aliphatic rings. The van der Waals surface area contributed by atoms with E-state index in [-0.39, 0.29) is 5.97 Å². The molecule has 0 bridgehead atoms. The summed E-state index contributed by atoms with van der Waals surface area (Å²) >= 11 is 0. The first-order chi connectivity index (χ1) is 13.2. The summed E-state index contributed by atoms with van der Waals surface area (Å²) in [6.07, 6.45) is 0. The van der Waals surface area contributed by atoms with Crippen LogP contribution in [0.3, 0.4) is 0 Å². The highest BCUT2D eigenvalue weighted by Crippen LogP contribution is 2.63. The largest absolute Gasteiger partial charge is 0.496 e. The lowest BCUT2D eigenvalue weighted by atomic mass is 9.82. The third kappa shape index (κ3) is 2.46. The summed E-state index contributed by atoms with van der Waals surface area (Å²) in [6, 6.07) is 22.1. The quantitative estimate of drug-likeness (QED) is 0.593. The molecule has 0 radical (unpaired) electrons. The topological polar surface area (TPSA) is 35.5 Å². The number of benzene rings is 3. The number of fused-ring (bicyclic) bond motifs is 1. The Bertz CT molecular complexity index is 1050. The second-order valence-corrected chi connectivity index (χ2v) is 6.70. The standard InChI is InChI=1S/C24H22O3/c1-4-27-23(25)24(16(2)21(24)18-11-6-5-7-12-18)22-19-13-9-8-10-17(19)14-15-20(22)26-3/h5-15H,4H2,1-3H3. The zero-order chi connectivity index (χ0) is 19.0. The molecule has 0 aliphatic heterocycles. The predicted molar refractivity (Wildman–Crippen MR) is 108 cm³/mol. The van der Waals surface area contributed by atoms with E-state index < -0.39 is 5.41 Å². The van der Waals surface area contributed by atoms with Crippen molar-refractivity contribution < 1.29 is 14.3 Å². The molecule has 1 atom stereocenters. The number of hydrogen-bond donors (Lipinski definition) is 0. The van der Waals surface area contributed by atoms with E-state index in [2.05, 4.69) is 6.07 Å². The van der Waals surface area contributed by atoms with Gasteiger partial charge < -0.3 is 9.47 Å². The van der Waals surface area contributed by atoms with Crippen molar-refractivity contribution in [1.82, 2.24) is 0 Å². The fourth-order valence-electron chi connectivity index (χ4n) is 4.16. The van der Waals surface area contributed by atoms with Crippen LogP contribution >= 0.6 is 0 Å². The minimum absolute atomic E-state index is 0.240. The molecule has 0 fully saturated rings. The fourth-order valence-corrected chi connectivity index (χ4v) is 4.16. The normalized spacial score (nSPS) is 18.5. The first-order valence-electron chi connectivity index (χ1n) is 9.17. The van der Waals surface area contributed by atoms with Gasteiger partial charge in [0.15, 0.2) is 0 Å². The Morgan fingerprint density at radius 2 is 1.67 bits per heavy atom. The van der Waals surface area contributed by atoms with E-state index in [9.17, 15) is 4.79 Å². The number of carbonyl (C=O) groups excluding carboxylic acids is 1. The summed E-state index contributed by atoms with van der Waals surface area (Å²) < 4.78 is 11.3. The smallest absolute Gasteiger partial charge is 0.325 e. The predicted octanol–water partition coefficient (Wildman–Crippen LogP) is 5.14. The third-order valence-electron chi connectivity index (χ3n) is 5.38. The Hall–Kier alpha value is -3.07. The van der Waals surface area contributed by atoms with Crippen LogP contribution < -0.4 is 4.74 Å². The molecular formula is C24H22O3. The van der Waals surface area contributed by atoms with Gasteiger partial charge in [-0.25, -0.2) is 0 Å². The monoisotopic (exact) mass is 358 g/mol. The third-order valence-corrected chi connectivity index (χ3v) is 5.38. The second kappa shape index (κ2) is 6.58. The van der Waals surface area contributed by atoms with Gasteiger partial charge in [-0.1, -0.05) is 60.7 Å². The van der Waals surface area contributed by atoms with Crippen molar-refractivity contribution in [1.29, 1.82) is 0 Å². The van der Waals surface area contributed by atoms with E-state index in [1.54, 1.807) is 7.11 Å². The van der Waals surface area contributed by atoms with Crippen LogP contribution in [0.5, 0.6) is 5.75 Å². The zero-order valence-corrected chi connectivity index (χ0v) is 15.8. The first kappa shape index (κ1) is 17.3. The SMILES string of the molecule is CCOC(=O)C1(c2c(OC)ccc3ccccc23)C(C)=C1c1ccccc1. The molecule has 27 heavy (non-hydrogen) atoms. The van der Waals surface area contributed by atoms with Gasteiger partial charge in [-0.05, 0) is 47.4 Å². The van der Waals surface area contributed by atoms with Crippen LogP contribution in [0.2, 0.25) is 0 Å². The molecule has 3 nitrogen and oxygen atoms in total. The van der Waals surface area contributed by atoms with Crippen molar-refractivity contribution >= 4 is 22.3 Å². The lowest BCUT2D eigenvalue weighted by Gasteiger charge is -2.23. The van der Waals surface area contributed by atoms with Gasteiger partial charge in [-0.3, -0.25) is 4.79 Å². The molecule has 1 unspecified atom stereocenters. The molecule has 0 aromatic heterocycles. The van der Waals surface area contributed by atoms with Crippen LogP contribution in [0, 0.1) is 0 Å². The van der Waals surface area contributed by atoms with Crippen molar-refractivity contribution in [2.24, 2.45) is 0 Å². The minimum Gasteiger partial charge on any atom is -0.496 e. The number of hydrogen-bond acceptors (Lipinski definition) is 3. The number of rotatable bonds is 5.